The molecule has 0 amide bonds. The van der Waals surface area contributed by atoms with Crippen LogP contribution in [0.15, 0.2) is 35.5 Å². The van der Waals surface area contributed by atoms with Crippen molar-refractivity contribution in [3.63, 3.8) is 0 Å². The third-order valence-corrected chi connectivity index (χ3v) is 3.83. The topological polar surface area (TPSA) is 58.5 Å². The molecule has 0 aliphatic carbocycles. The Hall–Kier alpha value is -1.90. The molecule has 1 heterocycles. The van der Waals surface area contributed by atoms with Gasteiger partial charge in [-0.25, -0.2) is 9.38 Å². The van der Waals surface area contributed by atoms with Gasteiger partial charge < -0.3 is 15.4 Å². The van der Waals surface area contributed by atoms with Crippen LogP contribution in [0.2, 0.25) is 0 Å². The number of guanidine groups is 1. The maximum Gasteiger partial charge on any atom is 0.191 e. The molecule has 0 radical (unpaired) electrons. The summed E-state index contributed by atoms with van der Waals surface area (Å²) >= 11 is 0. The Labute approximate surface area is 171 Å². The van der Waals surface area contributed by atoms with Gasteiger partial charge in [-0.2, -0.15) is 0 Å². The van der Waals surface area contributed by atoms with E-state index in [1.165, 1.54) is 12.1 Å². The monoisotopic (exact) mass is 472 g/mol. The van der Waals surface area contributed by atoms with Crippen molar-refractivity contribution >= 4 is 29.9 Å². The molecule has 0 saturated carbocycles. The Morgan fingerprint density at radius 2 is 2.04 bits per heavy atom. The van der Waals surface area contributed by atoms with Gasteiger partial charge in [-0.15, -0.1) is 24.0 Å². The summed E-state index contributed by atoms with van der Waals surface area (Å²) in [5.41, 5.74) is 3.74. The first kappa shape index (κ1) is 22.1. The van der Waals surface area contributed by atoms with Gasteiger partial charge in [0.1, 0.15) is 11.6 Å². The number of pyridine rings is 1. The summed E-state index contributed by atoms with van der Waals surface area (Å²) in [7, 11) is 1.66. The van der Waals surface area contributed by atoms with E-state index >= 15 is 0 Å². The number of nitrogens with zero attached hydrogens (tertiary/aromatic N) is 2. The van der Waals surface area contributed by atoms with Crippen molar-refractivity contribution in [2.45, 2.75) is 33.9 Å². The van der Waals surface area contributed by atoms with Crippen LogP contribution in [0.3, 0.4) is 0 Å². The molecule has 0 fully saturated rings. The summed E-state index contributed by atoms with van der Waals surface area (Å²) in [6, 6.07) is 6.46. The highest BCUT2D eigenvalue weighted by Crippen LogP contribution is 2.23. The van der Waals surface area contributed by atoms with Crippen molar-refractivity contribution in [1.82, 2.24) is 15.6 Å². The average Bonchev–Trinajstić information content (AvgIpc) is 2.59. The lowest BCUT2D eigenvalue weighted by Crippen LogP contribution is -2.37. The number of ether oxygens (including phenoxy) is 1. The Kier molecular flexibility index (Phi) is 9.32. The van der Waals surface area contributed by atoms with Crippen molar-refractivity contribution < 1.29 is 9.13 Å². The van der Waals surface area contributed by atoms with E-state index in [1.807, 2.05) is 26.8 Å². The average molecular weight is 472 g/mol. The zero-order chi connectivity index (χ0) is 18.2. The number of hydrogen-bond acceptors (Lipinski definition) is 3. The molecule has 7 heteroatoms. The molecule has 0 aliphatic rings. The lowest BCUT2D eigenvalue weighted by atomic mass is 10.1. The van der Waals surface area contributed by atoms with Crippen LogP contribution >= 0.6 is 24.0 Å². The quantitative estimate of drug-likeness (QED) is 0.383. The van der Waals surface area contributed by atoms with Gasteiger partial charge in [-0.05, 0) is 38.5 Å². The number of nitrogens with one attached hydrogen (secondary N) is 2. The number of hydrogen-bond donors (Lipinski definition) is 2. The second kappa shape index (κ2) is 10.9. The van der Waals surface area contributed by atoms with Gasteiger partial charge in [0.25, 0.3) is 0 Å². The minimum atomic E-state index is -0.253. The fourth-order valence-electron chi connectivity index (χ4n) is 2.56. The summed E-state index contributed by atoms with van der Waals surface area (Å²) in [5, 5.41) is 6.44. The Morgan fingerprint density at radius 1 is 1.27 bits per heavy atom. The predicted molar refractivity (Wildman–Crippen MR) is 114 cm³/mol. The molecular weight excluding hydrogens is 446 g/mol. The number of aliphatic imine (C=N–C) groups is 1. The van der Waals surface area contributed by atoms with Gasteiger partial charge >= 0.3 is 0 Å². The van der Waals surface area contributed by atoms with E-state index in [9.17, 15) is 4.39 Å². The highest BCUT2D eigenvalue weighted by molar-refractivity contribution is 14.0. The van der Waals surface area contributed by atoms with Crippen molar-refractivity contribution in [2.24, 2.45) is 4.99 Å². The summed E-state index contributed by atoms with van der Waals surface area (Å²) in [6.45, 7) is 7.62. The van der Waals surface area contributed by atoms with Crippen molar-refractivity contribution in [1.29, 1.82) is 0 Å². The van der Waals surface area contributed by atoms with Crippen LogP contribution < -0.4 is 15.4 Å². The number of benzene rings is 1. The SMILES string of the molecule is CCNC(=NCc1cccc(F)c1)NCc1ncc(C)c(OC)c1C.I. The molecule has 0 aliphatic heterocycles. The maximum absolute atomic E-state index is 13.3. The normalized spacial score (nSPS) is 10.9. The fourth-order valence-corrected chi connectivity index (χ4v) is 2.56. The fraction of sp³-hybridized carbons (Fsp3) is 0.368. The highest BCUT2D eigenvalue weighted by atomic mass is 127. The molecule has 1 aromatic carbocycles. The van der Waals surface area contributed by atoms with Crippen LogP contribution in [0.4, 0.5) is 4.39 Å². The number of methoxy groups -OCH3 is 1. The summed E-state index contributed by atoms with van der Waals surface area (Å²) in [5.74, 6) is 1.26. The molecule has 2 aromatic rings. The molecule has 142 valence electrons. The molecule has 1 aromatic heterocycles. The van der Waals surface area contributed by atoms with Crippen LogP contribution in [0.1, 0.15) is 29.3 Å². The first-order valence-electron chi connectivity index (χ1n) is 8.30. The lowest BCUT2D eigenvalue weighted by molar-refractivity contribution is 0.406. The van der Waals surface area contributed by atoms with E-state index in [0.717, 1.165) is 34.7 Å². The zero-order valence-corrected chi connectivity index (χ0v) is 17.9. The summed E-state index contributed by atoms with van der Waals surface area (Å²) < 4.78 is 18.7. The van der Waals surface area contributed by atoms with Crippen molar-refractivity contribution in [3.8, 4) is 5.75 Å². The number of aromatic nitrogens is 1. The minimum absolute atomic E-state index is 0. The van der Waals surface area contributed by atoms with Crippen LogP contribution in [0.25, 0.3) is 0 Å². The van der Waals surface area contributed by atoms with Crippen molar-refractivity contribution in [2.75, 3.05) is 13.7 Å². The smallest absolute Gasteiger partial charge is 0.191 e. The van der Waals surface area contributed by atoms with E-state index in [2.05, 4.69) is 20.6 Å². The molecule has 2 rings (SSSR count). The largest absolute Gasteiger partial charge is 0.496 e. The molecule has 0 spiro atoms. The first-order valence-corrected chi connectivity index (χ1v) is 8.30. The van der Waals surface area contributed by atoms with Crippen LogP contribution in [-0.4, -0.2) is 24.6 Å². The van der Waals surface area contributed by atoms with Gasteiger partial charge in [0.15, 0.2) is 5.96 Å². The Bertz CT molecular complexity index is 752. The molecule has 2 N–H and O–H groups in total. The highest BCUT2D eigenvalue weighted by Gasteiger charge is 2.10. The molecule has 0 saturated heterocycles. The predicted octanol–water partition coefficient (Wildman–Crippen LogP) is 3.72. The standard InChI is InChI=1S/C19H25FN4O.HI/c1-5-21-19(23-11-15-7-6-8-16(20)9-15)24-12-17-14(3)18(25-4)13(2)10-22-17;/h6-10H,5,11-12H2,1-4H3,(H2,21,23,24);1H. The van der Waals surface area contributed by atoms with Crippen molar-refractivity contribution in [3.05, 3.63) is 58.7 Å². The van der Waals surface area contributed by atoms with E-state index in [-0.39, 0.29) is 29.8 Å². The molecule has 26 heavy (non-hydrogen) atoms. The maximum atomic E-state index is 13.3. The molecule has 0 unspecified atom stereocenters. The number of halogens is 2. The van der Waals surface area contributed by atoms with Gasteiger partial charge in [0.05, 0.1) is 25.9 Å². The molecular formula is C19H26FIN4O. The zero-order valence-electron chi connectivity index (χ0n) is 15.6. The van der Waals surface area contributed by atoms with Crippen LogP contribution in [0, 0.1) is 19.7 Å². The molecule has 0 atom stereocenters. The van der Waals surface area contributed by atoms with Crippen LogP contribution in [0.5, 0.6) is 5.75 Å². The third-order valence-electron chi connectivity index (χ3n) is 3.83. The molecule has 0 bridgehead atoms. The minimum Gasteiger partial charge on any atom is -0.496 e. The Balaban J connectivity index is 0.00000338. The van der Waals surface area contributed by atoms with E-state index < -0.39 is 0 Å². The second-order valence-electron chi connectivity index (χ2n) is 5.72. The third kappa shape index (κ3) is 6.12. The molecule has 5 nitrogen and oxygen atoms in total. The second-order valence-corrected chi connectivity index (χ2v) is 5.72. The Morgan fingerprint density at radius 3 is 2.69 bits per heavy atom. The summed E-state index contributed by atoms with van der Waals surface area (Å²) in [4.78, 5) is 8.97. The van der Waals surface area contributed by atoms with E-state index in [4.69, 9.17) is 4.74 Å². The number of aryl methyl sites for hydroxylation is 1. The van der Waals surface area contributed by atoms with Gasteiger partial charge in [0.2, 0.25) is 0 Å². The van der Waals surface area contributed by atoms with Crippen LogP contribution in [-0.2, 0) is 13.1 Å². The van der Waals surface area contributed by atoms with E-state index in [0.29, 0.717) is 19.0 Å². The summed E-state index contributed by atoms with van der Waals surface area (Å²) in [6.07, 6.45) is 1.81. The van der Waals surface area contributed by atoms with Gasteiger partial charge in [0, 0.05) is 23.9 Å². The van der Waals surface area contributed by atoms with E-state index in [1.54, 1.807) is 19.4 Å². The van der Waals surface area contributed by atoms with Gasteiger partial charge in [-0.3, -0.25) is 4.98 Å². The van der Waals surface area contributed by atoms with Gasteiger partial charge in [-0.1, -0.05) is 12.1 Å². The number of rotatable bonds is 6. The lowest BCUT2D eigenvalue weighted by Gasteiger charge is -2.15. The first-order chi connectivity index (χ1) is 12.0.